The van der Waals surface area contributed by atoms with E-state index in [1.807, 2.05) is 0 Å². The standard InChI is InChI=1S/C13H15ClN2O2.ClH/c1-13(5-6-16-12(13)18)11(15)10(17)8-3-2-4-9(14)7-8;/h2-4,7,11H,5-6,15H2,1H3,(H,16,18);1H. The summed E-state index contributed by atoms with van der Waals surface area (Å²) < 4.78 is 0. The SMILES string of the molecule is CC1(C(N)C(=O)c2cccc(Cl)c2)CCNC1=O.Cl. The van der Waals surface area contributed by atoms with Crippen molar-refractivity contribution < 1.29 is 9.59 Å². The Morgan fingerprint density at radius 2 is 2.21 bits per heavy atom. The van der Waals surface area contributed by atoms with Crippen LogP contribution >= 0.6 is 24.0 Å². The minimum atomic E-state index is -0.849. The fourth-order valence-corrected chi connectivity index (χ4v) is 2.35. The molecule has 1 aliphatic rings. The van der Waals surface area contributed by atoms with Crippen LogP contribution in [-0.4, -0.2) is 24.3 Å². The third-order valence-corrected chi connectivity index (χ3v) is 3.76. The zero-order valence-corrected chi connectivity index (χ0v) is 12.1. The highest BCUT2D eigenvalue weighted by Gasteiger charge is 2.46. The average Bonchev–Trinajstić information content (AvgIpc) is 2.69. The van der Waals surface area contributed by atoms with Crippen LogP contribution in [0.25, 0.3) is 0 Å². The number of nitrogens with one attached hydrogen (secondary N) is 1. The number of rotatable bonds is 3. The van der Waals surface area contributed by atoms with Gasteiger partial charge in [-0.25, -0.2) is 0 Å². The summed E-state index contributed by atoms with van der Waals surface area (Å²) >= 11 is 5.84. The maximum absolute atomic E-state index is 12.3. The lowest BCUT2D eigenvalue weighted by Gasteiger charge is -2.27. The van der Waals surface area contributed by atoms with Gasteiger partial charge in [0, 0.05) is 17.1 Å². The molecule has 0 aliphatic carbocycles. The van der Waals surface area contributed by atoms with E-state index in [-0.39, 0.29) is 24.1 Å². The van der Waals surface area contributed by atoms with Crippen LogP contribution in [0.5, 0.6) is 0 Å². The molecule has 2 unspecified atom stereocenters. The topological polar surface area (TPSA) is 72.2 Å². The molecule has 1 aliphatic heterocycles. The van der Waals surface area contributed by atoms with E-state index in [1.165, 1.54) is 0 Å². The quantitative estimate of drug-likeness (QED) is 0.836. The summed E-state index contributed by atoms with van der Waals surface area (Å²) in [7, 11) is 0. The summed E-state index contributed by atoms with van der Waals surface area (Å²) in [5, 5.41) is 3.19. The van der Waals surface area contributed by atoms with Gasteiger partial charge in [0.15, 0.2) is 5.78 Å². The molecule has 0 spiro atoms. The fourth-order valence-electron chi connectivity index (χ4n) is 2.16. The molecule has 104 valence electrons. The Morgan fingerprint density at radius 1 is 1.53 bits per heavy atom. The second-order valence-electron chi connectivity index (χ2n) is 4.78. The van der Waals surface area contributed by atoms with E-state index in [0.717, 1.165) is 0 Å². The molecule has 1 aromatic rings. The van der Waals surface area contributed by atoms with Gasteiger partial charge in [-0.2, -0.15) is 0 Å². The summed E-state index contributed by atoms with van der Waals surface area (Å²) in [4.78, 5) is 24.0. The molecule has 0 saturated carbocycles. The van der Waals surface area contributed by atoms with Gasteiger partial charge in [0.05, 0.1) is 11.5 Å². The summed E-state index contributed by atoms with van der Waals surface area (Å²) in [6.07, 6.45) is 0.569. The highest BCUT2D eigenvalue weighted by molar-refractivity contribution is 6.31. The molecule has 2 atom stereocenters. The largest absolute Gasteiger partial charge is 0.356 e. The van der Waals surface area contributed by atoms with E-state index in [0.29, 0.717) is 23.6 Å². The van der Waals surface area contributed by atoms with Crippen molar-refractivity contribution in [3.63, 3.8) is 0 Å². The molecule has 4 nitrogen and oxygen atoms in total. The van der Waals surface area contributed by atoms with Gasteiger partial charge < -0.3 is 11.1 Å². The number of hydrogen-bond donors (Lipinski definition) is 2. The fraction of sp³-hybridized carbons (Fsp3) is 0.385. The van der Waals surface area contributed by atoms with E-state index in [2.05, 4.69) is 5.32 Å². The van der Waals surface area contributed by atoms with Crippen molar-refractivity contribution in [2.45, 2.75) is 19.4 Å². The van der Waals surface area contributed by atoms with Crippen LogP contribution in [0.1, 0.15) is 23.7 Å². The van der Waals surface area contributed by atoms with Gasteiger partial charge in [-0.05, 0) is 25.5 Å². The second-order valence-corrected chi connectivity index (χ2v) is 5.21. The number of carbonyl (C=O) groups excluding carboxylic acids is 2. The third-order valence-electron chi connectivity index (χ3n) is 3.53. The molecule has 1 amide bonds. The van der Waals surface area contributed by atoms with Crippen LogP contribution in [0.3, 0.4) is 0 Å². The first-order valence-electron chi connectivity index (χ1n) is 5.79. The van der Waals surface area contributed by atoms with Crippen molar-refractivity contribution >= 4 is 35.7 Å². The van der Waals surface area contributed by atoms with Gasteiger partial charge in [0.25, 0.3) is 0 Å². The van der Waals surface area contributed by atoms with Gasteiger partial charge in [0.1, 0.15) is 0 Å². The van der Waals surface area contributed by atoms with Crippen molar-refractivity contribution in [1.82, 2.24) is 5.32 Å². The Bertz CT molecular complexity index is 507. The number of nitrogens with two attached hydrogens (primary N) is 1. The molecule has 1 aromatic carbocycles. The summed E-state index contributed by atoms with van der Waals surface area (Å²) in [6.45, 7) is 2.29. The van der Waals surface area contributed by atoms with Crippen LogP contribution in [-0.2, 0) is 4.79 Å². The Balaban J connectivity index is 0.00000180. The zero-order valence-electron chi connectivity index (χ0n) is 10.5. The molecule has 3 N–H and O–H groups in total. The molecular formula is C13H16Cl2N2O2. The molecule has 2 rings (SSSR count). The Morgan fingerprint density at radius 3 is 2.74 bits per heavy atom. The number of Topliss-reactive ketones (excluding diaryl/α,β-unsaturated/α-hetero) is 1. The van der Waals surface area contributed by atoms with Gasteiger partial charge >= 0.3 is 0 Å². The summed E-state index contributed by atoms with van der Waals surface area (Å²) in [6, 6.07) is 5.76. The molecule has 1 saturated heterocycles. The number of benzene rings is 1. The van der Waals surface area contributed by atoms with Gasteiger partial charge in [0.2, 0.25) is 5.91 Å². The van der Waals surface area contributed by atoms with Gasteiger partial charge in [-0.3, -0.25) is 9.59 Å². The van der Waals surface area contributed by atoms with E-state index < -0.39 is 11.5 Å². The zero-order chi connectivity index (χ0) is 13.3. The molecule has 1 heterocycles. The number of amides is 1. The Hall–Kier alpha value is -1.10. The Kier molecular flexibility index (Phi) is 4.96. The number of ketones is 1. The maximum Gasteiger partial charge on any atom is 0.228 e. The lowest BCUT2D eigenvalue weighted by molar-refractivity contribution is -0.127. The number of carbonyl (C=O) groups is 2. The van der Waals surface area contributed by atoms with E-state index in [9.17, 15) is 9.59 Å². The molecule has 6 heteroatoms. The smallest absolute Gasteiger partial charge is 0.228 e. The number of hydrogen-bond acceptors (Lipinski definition) is 3. The summed E-state index contributed by atoms with van der Waals surface area (Å²) in [5.41, 5.74) is 5.58. The van der Waals surface area contributed by atoms with Crippen molar-refractivity contribution in [3.8, 4) is 0 Å². The first kappa shape index (κ1) is 16.0. The van der Waals surface area contributed by atoms with Gasteiger partial charge in [-0.15, -0.1) is 12.4 Å². The predicted octanol–water partition coefficient (Wildman–Crippen LogP) is 1.80. The van der Waals surface area contributed by atoms with E-state index in [4.69, 9.17) is 17.3 Å². The highest BCUT2D eigenvalue weighted by atomic mass is 35.5. The normalized spacial score (nSPS) is 23.4. The van der Waals surface area contributed by atoms with Crippen LogP contribution in [0.2, 0.25) is 5.02 Å². The first-order chi connectivity index (χ1) is 8.45. The van der Waals surface area contributed by atoms with Crippen molar-refractivity contribution in [2.24, 2.45) is 11.1 Å². The molecule has 0 bridgehead atoms. The number of halogens is 2. The monoisotopic (exact) mass is 302 g/mol. The van der Waals surface area contributed by atoms with Crippen molar-refractivity contribution in [1.29, 1.82) is 0 Å². The van der Waals surface area contributed by atoms with Gasteiger partial charge in [-0.1, -0.05) is 23.7 Å². The molecule has 0 aromatic heterocycles. The van der Waals surface area contributed by atoms with E-state index >= 15 is 0 Å². The third kappa shape index (κ3) is 2.91. The summed E-state index contributed by atoms with van der Waals surface area (Å²) in [5.74, 6) is -0.414. The molecule has 1 fully saturated rings. The predicted molar refractivity (Wildman–Crippen MR) is 76.7 cm³/mol. The van der Waals surface area contributed by atoms with Crippen LogP contribution in [0, 0.1) is 5.41 Å². The molecular weight excluding hydrogens is 287 g/mol. The average molecular weight is 303 g/mol. The van der Waals surface area contributed by atoms with Crippen LogP contribution in [0.15, 0.2) is 24.3 Å². The highest BCUT2D eigenvalue weighted by Crippen LogP contribution is 2.31. The molecule has 0 radical (unpaired) electrons. The van der Waals surface area contributed by atoms with Crippen molar-refractivity contribution in [2.75, 3.05) is 6.54 Å². The Labute approximate surface area is 123 Å². The van der Waals surface area contributed by atoms with E-state index in [1.54, 1.807) is 31.2 Å². The lowest BCUT2D eigenvalue weighted by atomic mass is 9.78. The van der Waals surface area contributed by atoms with Crippen LogP contribution < -0.4 is 11.1 Å². The van der Waals surface area contributed by atoms with Crippen LogP contribution in [0.4, 0.5) is 0 Å². The lowest BCUT2D eigenvalue weighted by Crippen LogP contribution is -2.49. The first-order valence-corrected chi connectivity index (χ1v) is 6.16. The van der Waals surface area contributed by atoms with Crippen molar-refractivity contribution in [3.05, 3.63) is 34.9 Å². The minimum Gasteiger partial charge on any atom is -0.356 e. The maximum atomic E-state index is 12.3. The minimum absolute atomic E-state index is 0. The molecule has 19 heavy (non-hydrogen) atoms. The second kappa shape index (κ2) is 5.90.